The van der Waals surface area contributed by atoms with E-state index in [2.05, 4.69) is 0 Å². The maximum absolute atomic E-state index is 13.4. The molecule has 0 unspecified atom stereocenters. The second-order valence-corrected chi connectivity index (χ2v) is 2.95. The van der Waals surface area contributed by atoms with Gasteiger partial charge in [-0.25, -0.2) is 4.39 Å². The molecular formula is C11H14FNO. The zero-order valence-electron chi connectivity index (χ0n) is 8.38. The normalized spacial score (nSPS) is 10.9. The van der Waals surface area contributed by atoms with Crippen molar-refractivity contribution in [1.82, 2.24) is 0 Å². The molecule has 0 radical (unpaired) electrons. The molecule has 0 bridgehead atoms. The van der Waals surface area contributed by atoms with Gasteiger partial charge in [0.2, 0.25) is 0 Å². The van der Waals surface area contributed by atoms with Crippen molar-refractivity contribution in [3.63, 3.8) is 0 Å². The summed E-state index contributed by atoms with van der Waals surface area (Å²) in [5, 5.41) is 0. The van der Waals surface area contributed by atoms with Crippen molar-refractivity contribution in [3.05, 3.63) is 35.2 Å². The number of rotatable bonds is 3. The van der Waals surface area contributed by atoms with Crippen LogP contribution in [0.5, 0.6) is 5.75 Å². The third-order valence-corrected chi connectivity index (χ3v) is 1.96. The Kier molecular flexibility index (Phi) is 3.65. The molecule has 0 saturated carbocycles. The minimum absolute atomic E-state index is 0.294. The van der Waals surface area contributed by atoms with Gasteiger partial charge in [0.15, 0.2) is 0 Å². The molecule has 0 aliphatic heterocycles. The summed E-state index contributed by atoms with van der Waals surface area (Å²) in [6.45, 7) is 2.26. The van der Waals surface area contributed by atoms with E-state index in [1.165, 1.54) is 13.2 Å². The Hall–Kier alpha value is -1.35. The lowest BCUT2D eigenvalue weighted by Crippen LogP contribution is -1.96. The summed E-state index contributed by atoms with van der Waals surface area (Å²) in [6, 6.07) is 3.11. The monoisotopic (exact) mass is 195 g/mol. The fraction of sp³-hybridized carbons (Fsp3) is 0.273. The Labute approximate surface area is 83.2 Å². The van der Waals surface area contributed by atoms with Crippen LogP contribution in [0.4, 0.5) is 4.39 Å². The smallest absolute Gasteiger partial charge is 0.134 e. The first-order chi connectivity index (χ1) is 6.70. The van der Waals surface area contributed by atoms with Crippen molar-refractivity contribution in [1.29, 1.82) is 0 Å². The van der Waals surface area contributed by atoms with E-state index < -0.39 is 0 Å². The summed E-state index contributed by atoms with van der Waals surface area (Å²) >= 11 is 0. The highest BCUT2D eigenvalue weighted by molar-refractivity contribution is 5.60. The first kappa shape index (κ1) is 10.7. The highest BCUT2D eigenvalue weighted by Crippen LogP contribution is 2.26. The van der Waals surface area contributed by atoms with E-state index in [-0.39, 0.29) is 5.82 Å². The number of halogens is 1. The summed E-state index contributed by atoms with van der Waals surface area (Å²) in [5.41, 5.74) is 6.67. The predicted octanol–water partition coefficient (Wildman–Crippen LogP) is 2.11. The number of ether oxygens (including phenoxy) is 1. The zero-order chi connectivity index (χ0) is 10.6. The standard InChI is InChI=1S/C11H14FNO/c1-8-5-6-10(12)9(4-3-7-13)11(8)14-2/h3-6H,7,13H2,1-2H3/b4-3+. The third kappa shape index (κ3) is 2.12. The Morgan fingerprint density at radius 1 is 1.50 bits per heavy atom. The average molecular weight is 195 g/mol. The fourth-order valence-corrected chi connectivity index (χ4v) is 1.30. The molecule has 1 rings (SSSR count). The van der Waals surface area contributed by atoms with Gasteiger partial charge in [-0.2, -0.15) is 0 Å². The second kappa shape index (κ2) is 4.77. The van der Waals surface area contributed by atoms with Crippen LogP contribution in [-0.4, -0.2) is 13.7 Å². The van der Waals surface area contributed by atoms with Crippen LogP contribution in [0.2, 0.25) is 0 Å². The van der Waals surface area contributed by atoms with Crippen LogP contribution < -0.4 is 10.5 Å². The Bertz CT molecular complexity index is 347. The number of methoxy groups -OCH3 is 1. The Morgan fingerprint density at radius 3 is 2.79 bits per heavy atom. The number of aryl methyl sites for hydroxylation is 1. The highest BCUT2D eigenvalue weighted by Gasteiger charge is 2.08. The molecule has 0 aliphatic rings. The van der Waals surface area contributed by atoms with E-state index in [1.807, 2.05) is 6.92 Å². The minimum Gasteiger partial charge on any atom is -0.496 e. The van der Waals surface area contributed by atoms with Crippen LogP contribution in [0.25, 0.3) is 6.08 Å². The fourth-order valence-electron chi connectivity index (χ4n) is 1.30. The summed E-state index contributed by atoms with van der Waals surface area (Å²) < 4.78 is 18.5. The molecule has 0 spiro atoms. The van der Waals surface area contributed by atoms with Crippen molar-refractivity contribution in [3.8, 4) is 5.75 Å². The van der Waals surface area contributed by atoms with Crippen molar-refractivity contribution in [2.45, 2.75) is 6.92 Å². The van der Waals surface area contributed by atoms with Crippen LogP contribution in [0.1, 0.15) is 11.1 Å². The van der Waals surface area contributed by atoms with Gasteiger partial charge in [-0.05, 0) is 18.6 Å². The van der Waals surface area contributed by atoms with Crippen molar-refractivity contribution in [2.24, 2.45) is 5.73 Å². The van der Waals surface area contributed by atoms with Crippen molar-refractivity contribution in [2.75, 3.05) is 13.7 Å². The van der Waals surface area contributed by atoms with Gasteiger partial charge < -0.3 is 10.5 Å². The lowest BCUT2D eigenvalue weighted by molar-refractivity contribution is 0.407. The summed E-state index contributed by atoms with van der Waals surface area (Å²) in [4.78, 5) is 0. The minimum atomic E-state index is -0.294. The van der Waals surface area contributed by atoms with E-state index in [0.717, 1.165) is 5.56 Å². The third-order valence-electron chi connectivity index (χ3n) is 1.96. The number of hydrogen-bond acceptors (Lipinski definition) is 2. The van der Waals surface area contributed by atoms with Crippen LogP contribution in [0.3, 0.4) is 0 Å². The lowest BCUT2D eigenvalue weighted by Gasteiger charge is -2.08. The summed E-state index contributed by atoms with van der Waals surface area (Å²) in [5.74, 6) is 0.270. The van der Waals surface area contributed by atoms with Gasteiger partial charge in [0.25, 0.3) is 0 Å². The number of hydrogen-bond donors (Lipinski definition) is 1. The molecule has 0 fully saturated rings. The molecule has 1 aromatic carbocycles. The number of nitrogens with two attached hydrogens (primary N) is 1. The molecule has 0 amide bonds. The summed E-state index contributed by atoms with van der Waals surface area (Å²) in [6.07, 6.45) is 3.33. The molecular weight excluding hydrogens is 181 g/mol. The maximum Gasteiger partial charge on any atom is 0.134 e. The molecule has 0 atom stereocenters. The topological polar surface area (TPSA) is 35.2 Å². The van der Waals surface area contributed by atoms with Crippen molar-refractivity contribution < 1.29 is 9.13 Å². The lowest BCUT2D eigenvalue weighted by atomic mass is 10.1. The van der Waals surface area contributed by atoms with Gasteiger partial charge >= 0.3 is 0 Å². The maximum atomic E-state index is 13.4. The molecule has 0 aliphatic carbocycles. The first-order valence-electron chi connectivity index (χ1n) is 4.40. The van der Waals surface area contributed by atoms with Gasteiger partial charge in [0.1, 0.15) is 11.6 Å². The van der Waals surface area contributed by atoms with Crippen LogP contribution in [-0.2, 0) is 0 Å². The molecule has 1 aromatic rings. The molecule has 2 N–H and O–H groups in total. The molecule has 0 aromatic heterocycles. The van der Waals surface area contributed by atoms with E-state index in [4.69, 9.17) is 10.5 Å². The number of benzene rings is 1. The molecule has 0 heterocycles. The first-order valence-corrected chi connectivity index (χ1v) is 4.40. The van der Waals surface area contributed by atoms with Gasteiger partial charge in [-0.1, -0.05) is 18.2 Å². The quantitative estimate of drug-likeness (QED) is 0.801. The van der Waals surface area contributed by atoms with E-state index >= 15 is 0 Å². The van der Waals surface area contributed by atoms with Gasteiger partial charge in [0.05, 0.1) is 12.7 Å². The molecule has 0 saturated heterocycles. The van der Waals surface area contributed by atoms with Gasteiger partial charge in [-0.3, -0.25) is 0 Å². The van der Waals surface area contributed by atoms with Crippen LogP contribution in [0.15, 0.2) is 18.2 Å². The average Bonchev–Trinajstić information content (AvgIpc) is 2.19. The zero-order valence-corrected chi connectivity index (χ0v) is 8.38. The largest absolute Gasteiger partial charge is 0.496 e. The molecule has 2 nitrogen and oxygen atoms in total. The van der Waals surface area contributed by atoms with E-state index in [1.54, 1.807) is 18.2 Å². The Morgan fingerprint density at radius 2 is 2.21 bits per heavy atom. The van der Waals surface area contributed by atoms with E-state index in [9.17, 15) is 4.39 Å². The highest BCUT2D eigenvalue weighted by atomic mass is 19.1. The Balaban J connectivity index is 3.22. The predicted molar refractivity (Wildman–Crippen MR) is 55.8 cm³/mol. The van der Waals surface area contributed by atoms with Gasteiger partial charge in [0, 0.05) is 6.54 Å². The van der Waals surface area contributed by atoms with Crippen molar-refractivity contribution >= 4 is 6.08 Å². The van der Waals surface area contributed by atoms with E-state index in [0.29, 0.717) is 17.9 Å². The van der Waals surface area contributed by atoms with Crippen LogP contribution in [0, 0.1) is 12.7 Å². The molecule has 14 heavy (non-hydrogen) atoms. The SMILES string of the molecule is COc1c(C)ccc(F)c1/C=C/CN. The van der Waals surface area contributed by atoms with Gasteiger partial charge in [-0.15, -0.1) is 0 Å². The molecule has 3 heteroatoms. The van der Waals surface area contributed by atoms with Crippen LogP contribution >= 0.6 is 0 Å². The molecule has 76 valence electrons. The second-order valence-electron chi connectivity index (χ2n) is 2.95. The summed E-state index contributed by atoms with van der Waals surface area (Å²) in [7, 11) is 1.53.